The Bertz CT molecular complexity index is 604. The van der Waals surface area contributed by atoms with E-state index in [2.05, 4.69) is 16.0 Å². The van der Waals surface area contributed by atoms with E-state index in [4.69, 9.17) is 0 Å². The minimum Gasteiger partial charge on any atom is -0.354 e. The second-order valence-corrected chi connectivity index (χ2v) is 6.99. The topological polar surface area (TPSA) is 87.3 Å². The van der Waals surface area contributed by atoms with Gasteiger partial charge in [-0.05, 0) is 18.2 Å². The molecule has 1 rings (SSSR count). The Balaban J connectivity index is 2.55. The smallest absolute Gasteiger partial charge is 0.251 e. The minimum absolute atomic E-state index is 0.0452. The number of carbonyl (C=O) groups excluding carboxylic acids is 3. The van der Waals surface area contributed by atoms with Crippen LogP contribution in [0.3, 0.4) is 0 Å². The van der Waals surface area contributed by atoms with Gasteiger partial charge < -0.3 is 16.0 Å². The maximum Gasteiger partial charge on any atom is 0.251 e. The molecule has 3 amide bonds. The lowest BCUT2D eigenvalue weighted by Gasteiger charge is -2.18. The lowest BCUT2D eigenvalue weighted by molar-refractivity contribution is -0.124. The quantitative estimate of drug-likeness (QED) is 0.697. The van der Waals surface area contributed by atoms with Crippen LogP contribution in [0.15, 0.2) is 24.3 Å². The third kappa shape index (κ3) is 6.40. The Morgan fingerprint density at radius 3 is 2.25 bits per heavy atom. The monoisotopic (exact) mass is 333 g/mol. The lowest BCUT2D eigenvalue weighted by atomic mass is 9.95. The zero-order valence-electron chi connectivity index (χ0n) is 15.0. The van der Waals surface area contributed by atoms with Gasteiger partial charge in [-0.2, -0.15) is 0 Å². The van der Waals surface area contributed by atoms with E-state index in [1.807, 2.05) is 34.6 Å². The largest absolute Gasteiger partial charge is 0.354 e. The first kappa shape index (κ1) is 19.7. The second kappa shape index (κ2) is 8.47. The van der Waals surface area contributed by atoms with E-state index < -0.39 is 5.41 Å². The fourth-order valence-corrected chi connectivity index (χ4v) is 1.72. The van der Waals surface area contributed by atoms with Gasteiger partial charge in [-0.15, -0.1) is 0 Å². The van der Waals surface area contributed by atoms with Crippen LogP contribution in [-0.4, -0.2) is 30.8 Å². The molecular weight excluding hydrogens is 306 g/mol. The first-order chi connectivity index (χ1) is 11.1. The van der Waals surface area contributed by atoms with Crippen LogP contribution in [0.25, 0.3) is 0 Å². The fourth-order valence-electron chi connectivity index (χ4n) is 1.72. The molecule has 0 spiro atoms. The van der Waals surface area contributed by atoms with Gasteiger partial charge in [0.05, 0.1) is 0 Å². The fraction of sp³-hybridized carbons (Fsp3) is 0.500. The van der Waals surface area contributed by atoms with Gasteiger partial charge in [0.25, 0.3) is 5.91 Å². The van der Waals surface area contributed by atoms with Gasteiger partial charge in [0, 0.05) is 35.7 Å². The summed E-state index contributed by atoms with van der Waals surface area (Å²) in [6.45, 7) is 9.81. The standard InChI is InChI=1S/C18H27N3O3/c1-12(2)15(22)19-9-10-20-16(23)13-7-6-8-14(11-13)21-17(24)18(3,4)5/h6-8,11-12H,9-10H2,1-5H3,(H,19,22)(H,20,23)(H,21,24). The van der Waals surface area contributed by atoms with Gasteiger partial charge in [0.1, 0.15) is 0 Å². The summed E-state index contributed by atoms with van der Waals surface area (Å²) in [6.07, 6.45) is 0. The first-order valence-corrected chi connectivity index (χ1v) is 8.08. The lowest BCUT2D eigenvalue weighted by Crippen LogP contribution is -2.36. The van der Waals surface area contributed by atoms with Gasteiger partial charge in [-0.25, -0.2) is 0 Å². The third-order valence-corrected chi connectivity index (χ3v) is 3.30. The van der Waals surface area contributed by atoms with Crippen molar-refractivity contribution >= 4 is 23.4 Å². The number of amides is 3. The molecule has 3 N–H and O–H groups in total. The summed E-state index contributed by atoms with van der Waals surface area (Å²) in [5.41, 5.74) is 0.528. The molecule has 0 aromatic heterocycles. The zero-order chi connectivity index (χ0) is 18.3. The van der Waals surface area contributed by atoms with E-state index >= 15 is 0 Å². The van der Waals surface area contributed by atoms with E-state index in [1.165, 1.54) is 0 Å². The van der Waals surface area contributed by atoms with Crippen molar-refractivity contribution in [2.24, 2.45) is 11.3 Å². The SMILES string of the molecule is CC(C)C(=O)NCCNC(=O)c1cccc(NC(=O)C(C)(C)C)c1. The van der Waals surface area contributed by atoms with Crippen molar-refractivity contribution < 1.29 is 14.4 Å². The number of hydrogen-bond acceptors (Lipinski definition) is 3. The molecule has 0 atom stereocenters. The maximum absolute atomic E-state index is 12.1. The van der Waals surface area contributed by atoms with Crippen molar-refractivity contribution in [3.63, 3.8) is 0 Å². The average molecular weight is 333 g/mol. The Morgan fingerprint density at radius 2 is 1.67 bits per heavy atom. The van der Waals surface area contributed by atoms with Crippen LogP contribution in [0.4, 0.5) is 5.69 Å². The van der Waals surface area contributed by atoms with Crippen molar-refractivity contribution in [1.82, 2.24) is 10.6 Å². The number of carbonyl (C=O) groups is 3. The Kier molecular flexibility index (Phi) is 6.95. The van der Waals surface area contributed by atoms with Crippen LogP contribution < -0.4 is 16.0 Å². The van der Waals surface area contributed by atoms with E-state index in [9.17, 15) is 14.4 Å². The third-order valence-electron chi connectivity index (χ3n) is 3.30. The van der Waals surface area contributed by atoms with Crippen LogP contribution in [-0.2, 0) is 9.59 Å². The predicted octanol–water partition coefficient (Wildman–Crippen LogP) is 2.17. The zero-order valence-corrected chi connectivity index (χ0v) is 15.0. The van der Waals surface area contributed by atoms with Crippen LogP contribution in [0.5, 0.6) is 0 Å². The molecule has 0 fully saturated rings. The molecule has 0 saturated heterocycles. The molecule has 0 aliphatic heterocycles. The van der Waals surface area contributed by atoms with Crippen molar-refractivity contribution in [3.05, 3.63) is 29.8 Å². The Morgan fingerprint density at radius 1 is 1.04 bits per heavy atom. The molecular formula is C18H27N3O3. The van der Waals surface area contributed by atoms with Crippen LogP contribution in [0, 0.1) is 11.3 Å². The highest BCUT2D eigenvalue weighted by atomic mass is 16.2. The van der Waals surface area contributed by atoms with E-state index in [0.717, 1.165) is 0 Å². The van der Waals surface area contributed by atoms with Crippen LogP contribution in [0.2, 0.25) is 0 Å². The van der Waals surface area contributed by atoms with Gasteiger partial charge in [-0.1, -0.05) is 40.7 Å². The van der Waals surface area contributed by atoms with Gasteiger partial charge in [-0.3, -0.25) is 14.4 Å². The molecule has 0 aliphatic carbocycles. The number of benzene rings is 1. The van der Waals surface area contributed by atoms with Crippen molar-refractivity contribution in [3.8, 4) is 0 Å². The summed E-state index contributed by atoms with van der Waals surface area (Å²) >= 11 is 0. The molecule has 0 unspecified atom stereocenters. The summed E-state index contributed by atoms with van der Waals surface area (Å²) in [6, 6.07) is 6.76. The summed E-state index contributed by atoms with van der Waals surface area (Å²) in [4.78, 5) is 35.5. The van der Waals surface area contributed by atoms with Crippen molar-refractivity contribution in [2.45, 2.75) is 34.6 Å². The summed E-state index contributed by atoms with van der Waals surface area (Å²) in [5, 5.41) is 8.27. The predicted molar refractivity (Wildman–Crippen MR) is 94.7 cm³/mol. The molecule has 1 aromatic rings. The number of hydrogen-bond donors (Lipinski definition) is 3. The maximum atomic E-state index is 12.1. The van der Waals surface area contributed by atoms with E-state index in [1.54, 1.807) is 24.3 Å². The van der Waals surface area contributed by atoms with Crippen molar-refractivity contribution in [2.75, 3.05) is 18.4 Å². The molecule has 6 nitrogen and oxygen atoms in total. The second-order valence-electron chi connectivity index (χ2n) is 6.99. The van der Waals surface area contributed by atoms with E-state index in [0.29, 0.717) is 24.3 Å². The molecule has 0 aliphatic rings. The molecule has 0 radical (unpaired) electrons. The molecule has 0 heterocycles. The Labute approximate surface area is 143 Å². The molecule has 6 heteroatoms. The number of rotatable bonds is 6. The van der Waals surface area contributed by atoms with Gasteiger partial charge in [0.2, 0.25) is 11.8 Å². The molecule has 132 valence electrons. The van der Waals surface area contributed by atoms with Crippen LogP contribution >= 0.6 is 0 Å². The molecule has 24 heavy (non-hydrogen) atoms. The highest BCUT2D eigenvalue weighted by Crippen LogP contribution is 2.18. The highest BCUT2D eigenvalue weighted by molar-refractivity contribution is 5.98. The van der Waals surface area contributed by atoms with E-state index in [-0.39, 0.29) is 23.6 Å². The number of nitrogens with one attached hydrogen (secondary N) is 3. The summed E-state index contributed by atoms with van der Waals surface area (Å²) in [5.74, 6) is -0.489. The van der Waals surface area contributed by atoms with Crippen molar-refractivity contribution in [1.29, 1.82) is 0 Å². The first-order valence-electron chi connectivity index (χ1n) is 8.08. The normalized spacial score (nSPS) is 11.1. The van der Waals surface area contributed by atoms with Crippen LogP contribution in [0.1, 0.15) is 45.0 Å². The van der Waals surface area contributed by atoms with Gasteiger partial charge >= 0.3 is 0 Å². The summed E-state index contributed by atoms with van der Waals surface area (Å²) < 4.78 is 0. The summed E-state index contributed by atoms with van der Waals surface area (Å²) in [7, 11) is 0. The Hall–Kier alpha value is -2.37. The molecule has 0 bridgehead atoms. The average Bonchev–Trinajstić information content (AvgIpc) is 2.50. The van der Waals surface area contributed by atoms with Gasteiger partial charge in [0.15, 0.2) is 0 Å². The molecule has 1 aromatic carbocycles. The minimum atomic E-state index is -0.507. The number of anilines is 1. The highest BCUT2D eigenvalue weighted by Gasteiger charge is 2.21. The molecule has 0 saturated carbocycles.